The number of nitrogens with zero attached hydrogens (tertiary/aromatic N) is 4. The maximum atomic E-state index is 14.0. The van der Waals surface area contributed by atoms with Crippen LogP contribution in [0.2, 0.25) is 0 Å². The van der Waals surface area contributed by atoms with Crippen LogP contribution in [0.15, 0.2) is 69.6 Å². The van der Waals surface area contributed by atoms with Gasteiger partial charge < -0.3 is 9.64 Å². The van der Waals surface area contributed by atoms with Crippen LogP contribution < -0.4 is 19.8 Å². The third kappa shape index (κ3) is 3.78. The maximum absolute atomic E-state index is 14.0. The Morgan fingerprint density at radius 1 is 1.16 bits per heavy atom. The lowest BCUT2D eigenvalue weighted by Crippen LogP contribution is -2.41. The molecular weight excluding hydrogens is 496 g/mol. The topological polar surface area (TPSA) is 124 Å². The van der Waals surface area contributed by atoms with Gasteiger partial charge >= 0.3 is 5.97 Å². The Kier molecular flexibility index (Phi) is 6.08. The minimum atomic E-state index is -1.02. The molecule has 1 aromatic heterocycles. The predicted octanol–water partition coefficient (Wildman–Crippen LogP) is 2.44. The van der Waals surface area contributed by atoms with Crippen molar-refractivity contribution in [3.8, 4) is 0 Å². The Labute approximate surface area is 214 Å². The Balaban J connectivity index is 1.84. The summed E-state index contributed by atoms with van der Waals surface area (Å²) in [7, 11) is 0. The summed E-state index contributed by atoms with van der Waals surface area (Å²) in [4.78, 5) is 57.8. The number of ether oxygens (including phenoxy) is 1. The number of allylic oxidation sites excluding steroid dienone is 1. The Bertz CT molecular complexity index is 1700. The molecule has 0 aliphatic carbocycles. The zero-order chi connectivity index (χ0) is 26.4. The number of hydrogen-bond donors (Lipinski definition) is 0. The molecule has 0 saturated heterocycles. The van der Waals surface area contributed by atoms with Crippen LogP contribution in [0.3, 0.4) is 0 Å². The molecule has 2 aromatic carbocycles. The van der Waals surface area contributed by atoms with Crippen LogP contribution in [-0.2, 0) is 14.3 Å². The lowest BCUT2D eigenvalue weighted by molar-refractivity contribution is -0.384. The molecule has 0 saturated carbocycles. The van der Waals surface area contributed by atoms with E-state index < -0.39 is 22.5 Å². The van der Waals surface area contributed by atoms with Gasteiger partial charge in [0.05, 0.1) is 40.1 Å². The van der Waals surface area contributed by atoms with Crippen molar-refractivity contribution in [3.63, 3.8) is 0 Å². The second kappa shape index (κ2) is 9.25. The number of carbonyl (C=O) groups is 2. The first-order valence-electron chi connectivity index (χ1n) is 11.7. The van der Waals surface area contributed by atoms with E-state index in [1.165, 1.54) is 22.8 Å². The number of hydrogen-bond acceptors (Lipinski definition) is 8. The number of carbonyl (C=O) groups excluding carboxylic acids is 2. The SMILES string of the molecule is CCOC(=O)C1=C(C)N=c2s/c(=C3/C(=O)N(CC)c4ccccc43)c(=O)n2C1c1cccc([N+](=O)[O-])c1. The number of likely N-dealkylation sites (N-methyl/N-ethyl adjacent to an activating group) is 1. The molecule has 188 valence electrons. The number of thiazole rings is 1. The first-order chi connectivity index (χ1) is 17.8. The van der Waals surface area contributed by atoms with Crippen molar-refractivity contribution >= 4 is 40.2 Å². The van der Waals surface area contributed by atoms with Gasteiger partial charge in [0.1, 0.15) is 4.53 Å². The van der Waals surface area contributed by atoms with E-state index in [1.807, 2.05) is 19.1 Å². The summed E-state index contributed by atoms with van der Waals surface area (Å²) in [6, 6.07) is 12.0. The van der Waals surface area contributed by atoms with Crippen molar-refractivity contribution in [1.29, 1.82) is 0 Å². The maximum Gasteiger partial charge on any atom is 0.338 e. The van der Waals surface area contributed by atoms with Gasteiger partial charge in [-0.2, -0.15) is 0 Å². The molecule has 0 N–H and O–H groups in total. The van der Waals surface area contributed by atoms with Gasteiger partial charge in [0, 0.05) is 24.2 Å². The molecule has 3 heterocycles. The fourth-order valence-corrected chi connectivity index (χ4v) is 5.92. The van der Waals surface area contributed by atoms with Crippen LogP contribution in [0, 0.1) is 10.1 Å². The molecule has 1 unspecified atom stereocenters. The standard InChI is InChI=1S/C26H22N4O6S/c1-4-28-18-12-7-6-11-17(18)20(23(28)31)22-24(32)29-21(15-9-8-10-16(13-15)30(34)35)19(25(33)36-5-2)14(3)27-26(29)37-22/h6-13,21H,4-5H2,1-3H3/b22-20+. The average molecular weight is 519 g/mol. The van der Waals surface area contributed by atoms with Crippen molar-refractivity contribution in [2.24, 2.45) is 4.99 Å². The van der Waals surface area contributed by atoms with Crippen molar-refractivity contribution in [2.45, 2.75) is 26.8 Å². The second-order valence-corrected chi connectivity index (χ2v) is 9.39. The third-order valence-corrected chi connectivity index (χ3v) is 7.41. The van der Waals surface area contributed by atoms with Crippen LogP contribution in [0.25, 0.3) is 5.57 Å². The van der Waals surface area contributed by atoms with Crippen molar-refractivity contribution < 1.29 is 19.2 Å². The number of para-hydroxylation sites is 1. The first-order valence-corrected chi connectivity index (χ1v) is 12.5. The molecule has 5 rings (SSSR count). The van der Waals surface area contributed by atoms with Gasteiger partial charge in [-0.05, 0) is 32.4 Å². The molecule has 2 aliphatic heterocycles. The quantitative estimate of drug-likeness (QED) is 0.290. The van der Waals surface area contributed by atoms with Crippen molar-refractivity contribution in [2.75, 3.05) is 18.1 Å². The van der Waals surface area contributed by atoms with Crippen LogP contribution in [-0.4, -0.2) is 34.5 Å². The van der Waals surface area contributed by atoms with E-state index in [0.717, 1.165) is 17.0 Å². The van der Waals surface area contributed by atoms with Crippen LogP contribution in [0.1, 0.15) is 37.9 Å². The summed E-state index contributed by atoms with van der Waals surface area (Å²) in [6.07, 6.45) is 0. The highest BCUT2D eigenvalue weighted by Gasteiger charge is 2.37. The molecule has 1 amide bonds. The lowest BCUT2D eigenvalue weighted by Gasteiger charge is -2.24. The fourth-order valence-electron chi connectivity index (χ4n) is 4.78. The minimum Gasteiger partial charge on any atom is -0.463 e. The molecule has 2 aliphatic rings. The van der Waals surface area contributed by atoms with Crippen LogP contribution in [0.4, 0.5) is 11.4 Å². The van der Waals surface area contributed by atoms with Crippen molar-refractivity contribution in [1.82, 2.24) is 4.57 Å². The molecule has 0 fully saturated rings. The number of amides is 1. The monoisotopic (exact) mass is 518 g/mol. The summed E-state index contributed by atoms with van der Waals surface area (Å²) in [5, 5.41) is 11.5. The van der Waals surface area contributed by atoms with E-state index in [1.54, 1.807) is 36.9 Å². The minimum absolute atomic E-state index is 0.101. The van der Waals surface area contributed by atoms with E-state index in [4.69, 9.17) is 4.74 Å². The van der Waals surface area contributed by atoms with Gasteiger partial charge in [-0.3, -0.25) is 24.3 Å². The van der Waals surface area contributed by atoms with Crippen LogP contribution >= 0.6 is 11.3 Å². The Hall–Kier alpha value is -4.38. The normalized spacial score (nSPS) is 17.9. The highest BCUT2D eigenvalue weighted by atomic mass is 32.1. The number of esters is 1. The number of aromatic nitrogens is 1. The average Bonchev–Trinajstić information content (AvgIpc) is 3.35. The number of benzene rings is 2. The summed E-state index contributed by atoms with van der Waals surface area (Å²) in [5.41, 5.74) is 1.75. The number of nitro benzene ring substituents is 1. The molecule has 3 aromatic rings. The molecule has 1 atom stereocenters. The largest absolute Gasteiger partial charge is 0.463 e. The first kappa shape index (κ1) is 24.3. The zero-order valence-corrected chi connectivity index (χ0v) is 21.1. The molecule has 10 nitrogen and oxygen atoms in total. The molecule has 0 bridgehead atoms. The number of rotatable bonds is 5. The van der Waals surface area contributed by atoms with E-state index in [-0.39, 0.29) is 38.7 Å². The van der Waals surface area contributed by atoms with Gasteiger partial charge in [-0.1, -0.05) is 41.7 Å². The predicted molar refractivity (Wildman–Crippen MR) is 137 cm³/mol. The molecule has 37 heavy (non-hydrogen) atoms. The highest BCUT2D eigenvalue weighted by molar-refractivity contribution is 7.07. The van der Waals surface area contributed by atoms with Gasteiger partial charge in [0.25, 0.3) is 17.2 Å². The lowest BCUT2D eigenvalue weighted by atomic mass is 9.95. The third-order valence-electron chi connectivity index (χ3n) is 6.36. The smallest absolute Gasteiger partial charge is 0.338 e. The molecular formula is C26H22N4O6S. The van der Waals surface area contributed by atoms with Crippen molar-refractivity contribution in [3.05, 3.63) is 101 Å². The van der Waals surface area contributed by atoms with Crippen LogP contribution in [0.5, 0.6) is 0 Å². The summed E-state index contributed by atoms with van der Waals surface area (Å²) in [5.74, 6) is -0.958. The Morgan fingerprint density at radius 3 is 2.62 bits per heavy atom. The number of nitro groups is 1. The van der Waals surface area contributed by atoms with E-state index >= 15 is 0 Å². The zero-order valence-electron chi connectivity index (χ0n) is 20.3. The molecule has 0 radical (unpaired) electrons. The molecule has 0 spiro atoms. The van der Waals surface area contributed by atoms with Gasteiger partial charge in [-0.25, -0.2) is 9.79 Å². The second-order valence-electron chi connectivity index (χ2n) is 8.42. The van der Waals surface area contributed by atoms with E-state index in [0.29, 0.717) is 23.4 Å². The van der Waals surface area contributed by atoms with Gasteiger partial charge in [-0.15, -0.1) is 0 Å². The summed E-state index contributed by atoms with van der Waals surface area (Å²) < 4.78 is 6.79. The summed E-state index contributed by atoms with van der Waals surface area (Å²) in [6.45, 7) is 5.68. The van der Waals surface area contributed by atoms with Gasteiger partial charge in [0.15, 0.2) is 4.80 Å². The summed E-state index contributed by atoms with van der Waals surface area (Å²) >= 11 is 1.06. The number of non-ortho nitro benzene ring substituents is 1. The van der Waals surface area contributed by atoms with E-state index in [2.05, 4.69) is 4.99 Å². The van der Waals surface area contributed by atoms with Gasteiger partial charge in [0.2, 0.25) is 0 Å². The van der Waals surface area contributed by atoms with E-state index in [9.17, 15) is 24.5 Å². The number of fused-ring (bicyclic) bond motifs is 2. The fraction of sp³-hybridized carbons (Fsp3) is 0.231. The Morgan fingerprint density at radius 2 is 1.92 bits per heavy atom. The highest BCUT2D eigenvalue weighted by Crippen LogP contribution is 2.35. The molecule has 11 heteroatoms. The number of anilines is 1.